The molecule has 0 heterocycles. The topological polar surface area (TPSA) is 17.1 Å². The Morgan fingerprint density at radius 1 is 1.40 bits per heavy atom. The molecule has 0 radical (unpaired) electrons. The van der Waals surface area contributed by atoms with Gasteiger partial charge in [0.15, 0.2) is 0 Å². The first-order valence-corrected chi connectivity index (χ1v) is 5.73. The molecule has 0 rings (SSSR count). The molecule has 0 bridgehead atoms. The Labute approximate surface area is 68.2 Å². The van der Waals surface area contributed by atoms with Gasteiger partial charge in [-0.1, -0.05) is 0 Å². The van der Waals surface area contributed by atoms with E-state index in [9.17, 15) is 3.87 Å². The SMILES string of the molecule is CCC[CH2][Co](=[O])[CH](C)CC. The number of unbranched alkanes of at least 4 members (excludes halogenated alkanes) is 1. The molecule has 0 aliphatic heterocycles. The quantitative estimate of drug-likeness (QED) is 0.647. The van der Waals surface area contributed by atoms with Crippen LogP contribution in [0.5, 0.6) is 0 Å². The second kappa shape index (κ2) is 6.05. The van der Waals surface area contributed by atoms with Crippen molar-refractivity contribution >= 4 is 0 Å². The average Bonchev–Trinajstić information content (AvgIpc) is 1.98. The average molecular weight is 189 g/mol. The van der Waals surface area contributed by atoms with Gasteiger partial charge in [0.25, 0.3) is 0 Å². The van der Waals surface area contributed by atoms with Gasteiger partial charge in [-0.15, -0.1) is 0 Å². The number of hydrogen-bond donors (Lipinski definition) is 0. The van der Waals surface area contributed by atoms with Gasteiger partial charge in [0.1, 0.15) is 0 Å². The Bertz CT molecular complexity index is 101. The minimum atomic E-state index is -0.877. The van der Waals surface area contributed by atoms with Crippen molar-refractivity contribution in [2.45, 2.75) is 50.2 Å². The normalized spacial score (nSPS) is 14.9. The molecule has 0 saturated carbocycles. The molecule has 10 heavy (non-hydrogen) atoms. The molecular weight excluding hydrogens is 171 g/mol. The maximum absolute atomic E-state index is 11.3. The van der Waals surface area contributed by atoms with E-state index in [4.69, 9.17) is 0 Å². The predicted octanol–water partition coefficient (Wildman–Crippen LogP) is 3.39. The fourth-order valence-electron chi connectivity index (χ4n) is 0.550. The van der Waals surface area contributed by atoms with Gasteiger partial charge in [0, 0.05) is 0 Å². The first-order chi connectivity index (χ1) is 4.72. The second-order valence-electron chi connectivity index (χ2n) is 2.48. The van der Waals surface area contributed by atoms with Crippen molar-refractivity contribution in [3.63, 3.8) is 0 Å². The molecule has 0 saturated heterocycles. The van der Waals surface area contributed by atoms with Crippen molar-refractivity contribution in [3.8, 4) is 0 Å². The summed E-state index contributed by atoms with van der Waals surface area (Å²) in [4.78, 5) is 0.430. The molecule has 0 aromatic rings. The molecule has 0 aliphatic rings. The van der Waals surface area contributed by atoms with E-state index >= 15 is 0 Å². The second-order valence-corrected chi connectivity index (χ2v) is 4.99. The summed E-state index contributed by atoms with van der Waals surface area (Å²) in [6.07, 6.45) is 3.34. The van der Waals surface area contributed by atoms with E-state index in [0.717, 1.165) is 24.6 Å². The zero-order valence-electron chi connectivity index (χ0n) is 7.15. The molecule has 1 unspecified atom stereocenters. The molecule has 0 spiro atoms. The number of hydrogen-bond acceptors (Lipinski definition) is 1. The predicted molar refractivity (Wildman–Crippen MR) is 40.1 cm³/mol. The van der Waals surface area contributed by atoms with Gasteiger partial charge in [-0.2, -0.15) is 0 Å². The Hall–Kier alpha value is 0.306. The summed E-state index contributed by atoms with van der Waals surface area (Å²) >= 11 is -0.877. The van der Waals surface area contributed by atoms with Gasteiger partial charge in [-0.25, -0.2) is 0 Å². The zero-order chi connectivity index (χ0) is 7.98. The molecule has 2 heteroatoms. The van der Waals surface area contributed by atoms with Crippen LogP contribution in [0.2, 0.25) is 10.2 Å². The number of rotatable bonds is 5. The van der Waals surface area contributed by atoms with Crippen molar-refractivity contribution in [3.05, 3.63) is 0 Å². The molecule has 0 amide bonds. The van der Waals surface area contributed by atoms with Crippen LogP contribution in [0.4, 0.5) is 0 Å². The molecule has 1 nitrogen and oxygen atoms in total. The van der Waals surface area contributed by atoms with E-state index < -0.39 is 13.6 Å². The standard InChI is InChI=1S/2C4H9.Co.O/c2*1-3-4-2;;/h3H,4H2,1-2H3;1,3-4H2,2H3;;. The summed E-state index contributed by atoms with van der Waals surface area (Å²) in [5.74, 6) is 0. The third kappa shape index (κ3) is 4.17. The van der Waals surface area contributed by atoms with Crippen molar-refractivity contribution in [2.75, 3.05) is 0 Å². The molecule has 0 aromatic heterocycles. The molecule has 65 valence electrons. The Morgan fingerprint density at radius 2 is 2.00 bits per heavy atom. The van der Waals surface area contributed by atoms with Crippen LogP contribution in [0.3, 0.4) is 0 Å². The van der Waals surface area contributed by atoms with Crippen LogP contribution in [0, 0.1) is 0 Å². The van der Waals surface area contributed by atoms with Gasteiger partial charge in [0.05, 0.1) is 0 Å². The molecule has 0 fully saturated rings. The van der Waals surface area contributed by atoms with Crippen LogP contribution in [-0.4, -0.2) is 0 Å². The van der Waals surface area contributed by atoms with E-state index in [0.29, 0.717) is 4.85 Å². The van der Waals surface area contributed by atoms with Crippen LogP contribution in [0.25, 0.3) is 0 Å². The van der Waals surface area contributed by atoms with Crippen LogP contribution < -0.4 is 0 Å². The first kappa shape index (κ1) is 10.3. The monoisotopic (exact) mass is 189 g/mol. The van der Waals surface area contributed by atoms with E-state index in [1.165, 1.54) is 0 Å². The third-order valence-electron chi connectivity index (χ3n) is 1.55. The van der Waals surface area contributed by atoms with Gasteiger partial charge >= 0.3 is 67.7 Å². The molecule has 1 atom stereocenters. The van der Waals surface area contributed by atoms with Crippen molar-refractivity contribution in [2.24, 2.45) is 0 Å². The molecular formula is C8H18CoO. The van der Waals surface area contributed by atoms with Gasteiger partial charge in [-0.05, 0) is 0 Å². The summed E-state index contributed by atoms with van der Waals surface area (Å²) in [5, 5.41) is 0.929. The maximum atomic E-state index is 11.3. The summed E-state index contributed by atoms with van der Waals surface area (Å²) in [7, 11) is 0. The minimum absolute atomic E-state index is 0.430. The van der Waals surface area contributed by atoms with Crippen LogP contribution >= 0.6 is 0 Å². The third-order valence-corrected chi connectivity index (χ3v) is 4.00. The van der Waals surface area contributed by atoms with Gasteiger partial charge in [0.2, 0.25) is 0 Å². The summed E-state index contributed by atoms with van der Waals surface area (Å²) < 4.78 is 11.3. The Kier molecular flexibility index (Phi) is 6.23. The zero-order valence-corrected chi connectivity index (χ0v) is 8.19. The van der Waals surface area contributed by atoms with Crippen molar-refractivity contribution in [1.82, 2.24) is 0 Å². The molecule has 0 aromatic carbocycles. The Morgan fingerprint density at radius 3 is 2.40 bits per heavy atom. The van der Waals surface area contributed by atoms with Gasteiger partial charge in [-0.3, -0.25) is 0 Å². The van der Waals surface area contributed by atoms with Crippen LogP contribution in [0.15, 0.2) is 0 Å². The van der Waals surface area contributed by atoms with Gasteiger partial charge < -0.3 is 0 Å². The first-order valence-electron chi connectivity index (χ1n) is 3.96. The summed E-state index contributed by atoms with van der Waals surface area (Å²) in [6.45, 7) is 6.32. The van der Waals surface area contributed by atoms with Crippen molar-refractivity contribution in [1.29, 1.82) is 0 Å². The fourth-order valence-corrected chi connectivity index (χ4v) is 2.27. The summed E-state index contributed by atoms with van der Waals surface area (Å²) in [6, 6.07) is 0. The van der Waals surface area contributed by atoms with Crippen LogP contribution in [-0.2, 0) is 17.5 Å². The van der Waals surface area contributed by atoms with E-state index in [1.807, 2.05) is 0 Å². The summed E-state index contributed by atoms with van der Waals surface area (Å²) in [5.41, 5.74) is 0. The fraction of sp³-hybridized carbons (Fsp3) is 1.00. The van der Waals surface area contributed by atoms with Crippen molar-refractivity contribution < 1.29 is 17.5 Å². The van der Waals surface area contributed by atoms with E-state index in [1.54, 1.807) is 0 Å². The van der Waals surface area contributed by atoms with E-state index in [2.05, 4.69) is 20.8 Å². The van der Waals surface area contributed by atoms with Crippen LogP contribution in [0.1, 0.15) is 40.0 Å². The van der Waals surface area contributed by atoms with E-state index in [-0.39, 0.29) is 0 Å². The molecule has 0 N–H and O–H groups in total. The molecule has 0 aliphatic carbocycles. The Balaban J connectivity index is 3.42.